The maximum Gasteiger partial charge on any atom is 0.258 e. The molecule has 0 bridgehead atoms. The summed E-state index contributed by atoms with van der Waals surface area (Å²) in [4.78, 5) is 17.5. The first kappa shape index (κ1) is 21.0. The number of ether oxygens (including phenoxy) is 2. The molecule has 29 heavy (non-hydrogen) atoms. The van der Waals surface area contributed by atoms with Crippen molar-refractivity contribution in [3.05, 3.63) is 53.6 Å². The van der Waals surface area contributed by atoms with Crippen molar-refractivity contribution in [1.29, 1.82) is 0 Å². The molecule has 1 fully saturated rings. The lowest BCUT2D eigenvalue weighted by Gasteiger charge is -2.29. The molecule has 1 saturated heterocycles. The quantitative estimate of drug-likeness (QED) is 0.740. The monoisotopic (exact) mass is 397 g/mol. The van der Waals surface area contributed by atoms with Crippen molar-refractivity contribution in [2.75, 3.05) is 52.8 Å². The van der Waals surface area contributed by atoms with Crippen LogP contribution in [0.4, 0.5) is 5.69 Å². The van der Waals surface area contributed by atoms with E-state index in [2.05, 4.69) is 39.4 Å². The fourth-order valence-electron chi connectivity index (χ4n) is 3.86. The van der Waals surface area contributed by atoms with Gasteiger partial charge in [-0.15, -0.1) is 0 Å². The Labute approximate surface area is 173 Å². The molecule has 1 aliphatic heterocycles. The summed E-state index contributed by atoms with van der Waals surface area (Å²) in [6, 6.07) is 14.1. The zero-order valence-corrected chi connectivity index (χ0v) is 17.8. The first-order chi connectivity index (χ1) is 14.0. The second kappa shape index (κ2) is 9.65. The van der Waals surface area contributed by atoms with Gasteiger partial charge < -0.3 is 19.7 Å². The highest BCUT2D eigenvalue weighted by atomic mass is 16.5. The molecular formula is C23H31N3O3. The van der Waals surface area contributed by atoms with Crippen LogP contribution in [-0.4, -0.2) is 58.8 Å². The van der Waals surface area contributed by atoms with Gasteiger partial charge in [-0.25, -0.2) is 0 Å². The van der Waals surface area contributed by atoms with Crippen LogP contribution in [0.3, 0.4) is 0 Å². The number of amides is 1. The van der Waals surface area contributed by atoms with E-state index in [0.717, 1.165) is 18.8 Å². The van der Waals surface area contributed by atoms with Crippen molar-refractivity contribution in [1.82, 2.24) is 10.2 Å². The number of anilines is 1. The Kier molecular flexibility index (Phi) is 6.99. The molecule has 6 nitrogen and oxygen atoms in total. The third kappa shape index (κ3) is 4.82. The highest BCUT2D eigenvalue weighted by Gasteiger charge is 2.25. The molecule has 2 aromatic carbocycles. The van der Waals surface area contributed by atoms with E-state index < -0.39 is 0 Å². The smallest absolute Gasteiger partial charge is 0.258 e. The van der Waals surface area contributed by atoms with E-state index in [1.165, 1.54) is 18.4 Å². The Bertz CT molecular complexity index is 792. The van der Waals surface area contributed by atoms with Gasteiger partial charge in [0.2, 0.25) is 0 Å². The average Bonchev–Trinajstić information content (AvgIpc) is 3.28. The van der Waals surface area contributed by atoms with Crippen LogP contribution in [0.25, 0.3) is 0 Å². The summed E-state index contributed by atoms with van der Waals surface area (Å²) >= 11 is 0. The number of carbonyl (C=O) groups excluding carboxylic acids is 1. The van der Waals surface area contributed by atoms with Gasteiger partial charge in [0.05, 0.1) is 20.3 Å². The predicted octanol–water partition coefficient (Wildman–Crippen LogP) is 3.34. The Balaban J connectivity index is 1.80. The van der Waals surface area contributed by atoms with Crippen molar-refractivity contribution in [3.8, 4) is 11.5 Å². The normalized spacial score (nSPS) is 15.0. The van der Waals surface area contributed by atoms with E-state index in [-0.39, 0.29) is 11.9 Å². The fraction of sp³-hybridized carbons (Fsp3) is 0.435. The summed E-state index contributed by atoms with van der Waals surface area (Å²) in [5.41, 5.74) is 2.81. The Morgan fingerprint density at radius 1 is 1.03 bits per heavy atom. The third-order valence-electron chi connectivity index (χ3n) is 5.49. The van der Waals surface area contributed by atoms with Crippen molar-refractivity contribution >= 4 is 11.6 Å². The maximum absolute atomic E-state index is 13.0. The molecule has 1 amide bonds. The Morgan fingerprint density at radius 3 is 2.14 bits per heavy atom. The number of methoxy groups -OCH3 is 2. The van der Waals surface area contributed by atoms with E-state index in [9.17, 15) is 4.79 Å². The van der Waals surface area contributed by atoms with Gasteiger partial charge in [-0.1, -0.05) is 18.2 Å². The second-order valence-corrected chi connectivity index (χ2v) is 7.49. The van der Waals surface area contributed by atoms with Gasteiger partial charge >= 0.3 is 0 Å². The molecule has 6 heteroatoms. The lowest BCUT2D eigenvalue weighted by Crippen LogP contribution is -2.37. The third-order valence-corrected chi connectivity index (χ3v) is 5.49. The van der Waals surface area contributed by atoms with Gasteiger partial charge in [-0.3, -0.25) is 9.69 Å². The van der Waals surface area contributed by atoms with Crippen molar-refractivity contribution in [3.63, 3.8) is 0 Å². The number of nitrogens with zero attached hydrogens (tertiary/aromatic N) is 2. The summed E-state index contributed by atoms with van der Waals surface area (Å²) in [6.45, 7) is 2.63. The second-order valence-electron chi connectivity index (χ2n) is 7.49. The van der Waals surface area contributed by atoms with E-state index in [0.29, 0.717) is 23.6 Å². The molecule has 1 N–H and O–H groups in total. The van der Waals surface area contributed by atoms with Gasteiger partial charge in [0.15, 0.2) is 0 Å². The highest BCUT2D eigenvalue weighted by molar-refractivity contribution is 5.99. The number of benzene rings is 2. The lowest BCUT2D eigenvalue weighted by atomic mass is 10.0. The largest absolute Gasteiger partial charge is 0.496 e. The number of rotatable bonds is 8. The van der Waals surface area contributed by atoms with E-state index in [4.69, 9.17) is 9.47 Å². The Hall–Kier alpha value is -2.73. The standard InChI is InChI=1S/C23H31N3O3/c1-25(2)18-12-10-17(11-13-18)19(26-14-5-6-15-26)16-24-23(27)22-20(28-3)8-7-9-21(22)29-4/h7-13,19H,5-6,14-16H2,1-4H3,(H,24,27)/t19-/m1/s1. The number of nitrogens with one attached hydrogen (secondary N) is 1. The van der Waals surface area contributed by atoms with E-state index in [1.807, 2.05) is 20.2 Å². The van der Waals surface area contributed by atoms with Crippen LogP contribution in [-0.2, 0) is 0 Å². The molecule has 0 aliphatic carbocycles. The van der Waals surface area contributed by atoms with E-state index >= 15 is 0 Å². The first-order valence-corrected chi connectivity index (χ1v) is 10.1. The van der Waals surface area contributed by atoms with Crippen LogP contribution in [0, 0.1) is 0 Å². The molecule has 0 radical (unpaired) electrons. The molecule has 2 aromatic rings. The summed E-state index contributed by atoms with van der Waals surface area (Å²) in [5.74, 6) is 0.832. The molecular weight excluding hydrogens is 366 g/mol. The van der Waals surface area contributed by atoms with Gasteiger partial charge in [0.1, 0.15) is 17.1 Å². The molecule has 3 rings (SSSR count). The SMILES string of the molecule is COc1cccc(OC)c1C(=O)NC[C@H](c1ccc(N(C)C)cc1)N1CCCC1. The fourth-order valence-corrected chi connectivity index (χ4v) is 3.86. The number of hydrogen-bond acceptors (Lipinski definition) is 5. The van der Waals surface area contributed by atoms with Crippen molar-refractivity contribution in [2.24, 2.45) is 0 Å². The zero-order chi connectivity index (χ0) is 20.8. The molecule has 0 unspecified atom stereocenters. The van der Waals surface area contributed by atoms with Crippen LogP contribution in [0.15, 0.2) is 42.5 Å². The summed E-state index contributed by atoms with van der Waals surface area (Å²) < 4.78 is 10.8. The average molecular weight is 398 g/mol. The van der Waals surface area contributed by atoms with E-state index in [1.54, 1.807) is 26.4 Å². The maximum atomic E-state index is 13.0. The van der Waals surface area contributed by atoms with Gasteiger partial charge in [0.25, 0.3) is 5.91 Å². The van der Waals surface area contributed by atoms with Crippen LogP contribution in [0.5, 0.6) is 11.5 Å². The Morgan fingerprint density at radius 2 is 1.62 bits per heavy atom. The summed E-state index contributed by atoms with van der Waals surface area (Å²) in [5, 5.41) is 3.11. The van der Waals surface area contributed by atoms with Gasteiger partial charge in [-0.2, -0.15) is 0 Å². The summed E-state index contributed by atoms with van der Waals surface area (Å²) in [7, 11) is 7.19. The van der Waals surface area contributed by atoms with Gasteiger partial charge in [0, 0.05) is 26.3 Å². The molecule has 1 atom stereocenters. The minimum atomic E-state index is -0.187. The lowest BCUT2D eigenvalue weighted by molar-refractivity contribution is 0.0931. The van der Waals surface area contributed by atoms with Crippen LogP contribution >= 0.6 is 0 Å². The van der Waals surface area contributed by atoms with Gasteiger partial charge in [-0.05, 0) is 55.8 Å². The molecule has 0 spiro atoms. The van der Waals surface area contributed by atoms with Crippen LogP contribution in [0.1, 0.15) is 34.8 Å². The number of likely N-dealkylation sites (tertiary alicyclic amines) is 1. The minimum Gasteiger partial charge on any atom is -0.496 e. The minimum absolute atomic E-state index is 0.137. The zero-order valence-electron chi connectivity index (χ0n) is 17.8. The van der Waals surface area contributed by atoms with Crippen LogP contribution in [0.2, 0.25) is 0 Å². The van der Waals surface area contributed by atoms with Crippen molar-refractivity contribution in [2.45, 2.75) is 18.9 Å². The topological polar surface area (TPSA) is 54.0 Å². The molecule has 156 valence electrons. The summed E-state index contributed by atoms with van der Waals surface area (Å²) in [6.07, 6.45) is 2.39. The number of carbonyl (C=O) groups is 1. The van der Waals surface area contributed by atoms with Crippen molar-refractivity contribution < 1.29 is 14.3 Å². The molecule has 0 saturated carbocycles. The molecule has 1 aliphatic rings. The molecule has 1 heterocycles. The van der Waals surface area contributed by atoms with Crippen LogP contribution < -0.4 is 19.7 Å². The highest BCUT2D eigenvalue weighted by Crippen LogP contribution is 2.29. The number of hydrogen-bond donors (Lipinski definition) is 1. The molecule has 0 aromatic heterocycles. The first-order valence-electron chi connectivity index (χ1n) is 10.1. The predicted molar refractivity (Wildman–Crippen MR) is 116 cm³/mol.